The number of furan rings is 1. The lowest BCUT2D eigenvalue weighted by atomic mass is 9.98. The van der Waals surface area contributed by atoms with Crippen LogP contribution in [0, 0.1) is 12.8 Å². The van der Waals surface area contributed by atoms with Crippen molar-refractivity contribution in [2.45, 2.75) is 37.3 Å². The van der Waals surface area contributed by atoms with Crippen LogP contribution in [0.25, 0.3) is 0 Å². The molecule has 3 rings (SSSR count). The van der Waals surface area contributed by atoms with E-state index in [2.05, 4.69) is 0 Å². The second-order valence-corrected chi connectivity index (χ2v) is 9.09. The maximum absolute atomic E-state index is 12.8. The van der Waals surface area contributed by atoms with Gasteiger partial charge in [-0.15, -0.1) is 0 Å². The van der Waals surface area contributed by atoms with Gasteiger partial charge in [0.05, 0.1) is 17.4 Å². The van der Waals surface area contributed by atoms with Gasteiger partial charge in [-0.3, -0.25) is 9.59 Å². The van der Waals surface area contributed by atoms with Gasteiger partial charge < -0.3 is 14.1 Å². The van der Waals surface area contributed by atoms with Crippen LogP contribution in [-0.2, 0) is 25.1 Å². The number of hydrogen-bond acceptors (Lipinski definition) is 6. The molecule has 1 amide bonds. The molecule has 2 aromatic rings. The zero-order valence-electron chi connectivity index (χ0n) is 16.6. The highest BCUT2D eigenvalue weighted by Crippen LogP contribution is 2.23. The second-order valence-electron chi connectivity index (χ2n) is 7.13. The minimum absolute atomic E-state index is 0.0736. The van der Waals surface area contributed by atoms with Crippen molar-refractivity contribution in [1.29, 1.82) is 0 Å². The van der Waals surface area contributed by atoms with E-state index in [1.807, 2.05) is 0 Å². The van der Waals surface area contributed by atoms with E-state index in [1.165, 1.54) is 12.1 Å². The van der Waals surface area contributed by atoms with Crippen molar-refractivity contribution in [3.8, 4) is 0 Å². The average Bonchev–Trinajstić information content (AvgIpc) is 3.15. The van der Waals surface area contributed by atoms with Crippen LogP contribution in [0.2, 0.25) is 0 Å². The van der Waals surface area contributed by atoms with Crippen molar-refractivity contribution in [2.24, 2.45) is 5.92 Å². The SMILES string of the molecule is CCOC(=O)C1CCCN(C(=O)c2ccc(CS(=O)(=O)c3ccccc3C)o2)C1. The molecule has 1 saturated heterocycles. The number of amides is 1. The van der Waals surface area contributed by atoms with Gasteiger partial charge in [-0.2, -0.15) is 0 Å². The lowest BCUT2D eigenvalue weighted by molar-refractivity contribution is -0.149. The van der Waals surface area contributed by atoms with Crippen LogP contribution in [-0.4, -0.2) is 44.9 Å². The summed E-state index contributed by atoms with van der Waals surface area (Å²) in [6.45, 7) is 4.58. The first kappa shape index (κ1) is 21.1. The minimum Gasteiger partial charge on any atom is -0.466 e. The first-order chi connectivity index (χ1) is 13.8. The normalized spacial score (nSPS) is 17.2. The summed E-state index contributed by atoms with van der Waals surface area (Å²) in [7, 11) is -3.59. The third kappa shape index (κ3) is 4.87. The van der Waals surface area contributed by atoms with Crippen molar-refractivity contribution in [3.63, 3.8) is 0 Å². The molecule has 1 aromatic carbocycles. The fourth-order valence-corrected chi connectivity index (χ4v) is 5.04. The van der Waals surface area contributed by atoms with E-state index >= 15 is 0 Å². The first-order valence-corrected chi connectivity index (χ1v) is 11.3. The van der Waals surface area contributed by atoms with Crippen LogP contribution in [0.3, 0.4) is 0 Å². The summed E-state index contributed by atoms with van der Waals surface area (Å²) in [5.74, 6) is -1.03. The molecule has 1 unspecified atom stereocenters. The number of likely N-dealkylation sites (tertiary alicyclic amines) is 1. The van der Waals surface area contributed by atoms with E-state index in [4.69, 9.17) is 9.15 Å². The number of sulfone groups is 1. The Morgan fingerprint density at radius 3 is 2.69 bits per heavy atom. The quantitative estimate of drug-likeness (QED) is 0.668. The summed E-state index contributed by atoms with van der Waals surface area (Å²) >= 11 is 0. The Kier molecular flexibility index (Phi) is 6.42. The fourth-order valence-electron chi connectivity index (χ4n) is 3.51. The van der Waals surface area contributed by atoms with Crippen LogP contribution in [0.5, 0.6) is 0 Å². The summed E-state index contributed by atoms with van der Waals surface area (Å²) in [6.07, 6.45) is 1.38. The van der Waals surface area contributed by atoms with Gasteiger partial charge >= 0.3 is 5.97 Å². The Balaban J connectivity index is 1.70. The molecule has 0 aliphatic carbocycles. The molecule has 0 N–H and O–H groups in total. The molecular formula is C21H25NO6S. The lowest BCUT2D eigenvalue weighted by Crippen LogP contribution is -2.42. The number of ether oxygens (including phenoxy) is 1. The molecule has 0 spiro atoms. The topological polar surface area (TPSA) is 93.9 Å². The highest BCUT2D eigenvalue weighted by molar-refractivity contribution is 7.90. The Bertz CT molecular complexity index is 994. The van der Waals surface area contributed by atoms with Crippen molar-refractivity contribution in [3.05, 3.63) is 53.5 Å². The molecule has 29 heavy (non-hydrogen) atoms. The largest absolute Gasteiger partial charge is 0.466 e. The van der Waals surface area contributed by atoms with Gasteiger partial charge in [-0.05, 0) is 50.5 Å². The number of aryl methyl sites for hydroxylation is 1. The average molecular weight is 419 g/mol. The number of esters is 1. The highest BCUT2D eigenvalue weighted by atomic mass is 32.2. The molecule has 0 radical (unpaired) electrons. The molecule has 156 valence electrons. The van der Waals surface area contributed by atoms with Crippen LogP contribution in [0.1, 0.15) is 41.6 Å². The Morgan fingerprint density at radius 1 is 1.21 bits per heavy atom. The highest BCUT2D eigenvalue weighted by Gasteiger charge is 2.31. The first-order valence-electron chi connectivity index (χ1n) is 9.65. The van der Waals surface area contributed by atoms with E-state index in [-0.39, 0.29) is 46.5 Å². The van der Waals surface area contributed by atoms with E-state index in [1.54, 1.807) is 43.0 Å². The van der Waals surface area contributed by atoms with Crippen LogP contribution in [0.4, 0.5) is 0 Å². The number of piperidine rings is 1. The predicted octanol–water partition coefficient (Wildman–Crippen LogP) is 2.98. The van der Waals surface area contributed by atoms with Crippen molar-refractivity contribution in [2.75, 3.05) is 19.7 Å². The third-order valence-corrected chi connectivity index (χ3v) is 6.75. The third-order valence-electron chi connectivity index (χ3n) is 4.96. The number of carbonyl (C=O) groups is 2. The zero-order valence-corrected chi connectivity index (χ0v) is 17.4. The summed E-state index contributed by atoms with van der Waals surface area (Å²) in [4.78, 5) is 26.5. The Hall–Kier alpha value is -2.61. The zero-order chi connectivity index (χ0) is 21.0. The van der Waals surface area contributed by atoms with E-state index < -0.39 is 9.84 Å². The van der Waals surface area contributed by atoms with Crippen molar-refractivity contribution in [1.82, 2.24) is 4.90 Å². The number of hydrogen-bond donors (Lipinski definition) is 0. The number of carbonyl (C=O) groups excluding carboxylic acids is 2. The molecule has 7 nitrogen and oxygen atoms in total. The summed E-state index contributed by atoms with van der Waals surface area (Å²) < 4.78 is 36.0. The number of nitrogens with zero attached hydrogens (tertiary/aromatic N) is 1. The summed E-state index contributed by atoms with van der Waals surface area (Å²) in [5.41, 5.74) is 0.661. The predicted molar refractivity (Wildman–Crippen MR) is 106 cm³/mol. The van der Waals surface area contributed by atoms with Crippen molar-refractivity contribution < 1.29 is 27.2 Å². The monoisotopic (exact) mass is 419 g/mol. The fraction of sp³-hybridized carbons (Fsp3) is 0.429. The standard InChI is InChI=1S/C21H25NO6S/c1-3-27-21(24)16-8-6-12-22(13-16)20(23)18-11-10-17(28-18)14-29(25,26)19-9-5-4-7-15(19)2/h4-5,7,9-11,16H,3,6,8,12-14H2,1-2H3. The summed E-state index contributed by atoms with van der Waals surface area (Å²) in [6, 6.07) is 9.74. The Labute approximate surface area is 170 Å². The van der Waals surface area contributed by atoms with Gasteiger partial charge in [0, 0.05) is 13.1 Å². The van der Waals surface area contributed by atoms with E-state index in [9.17, 15) is 18.0 Å². The second kappa shape index (κ2) is 8.82. The maximum Gasteiger partial charge on any atom is 0.310 e. The molecular weight excluding hydrogens is 394 g/mol. The lowest BCUT2D eigenvalue weighted by Gasteiger charge is -2.30. The molecule has 1 aliphatic heterocycles. The van der Waals surface area contributed by atoms with Gasteiger partial charge in [0.15, 0.2) is 15.6 Å². The molecule has 1 fully saturated rings. The minimum atomic E-state index is -3.59. The molecule has 8 heteroatoms. The molecule has 0 bridgehead atoms. The summed E-state index contributed by atoms with van der Waals surface area (Å²) in [5, 5.41) is 0. The van der Waals surface area contributed by atoms with Gasteiger partial charge in [-0.1, -0.05) is 18.2 Å². The molecule has 1 aromatic heterocycles. The van der Waals surface area contributed by atoms with E-state index in [0.29, 0.717) is 31.6 Å². The van der Waals surface area contributed by atoms with Gasteiger partial charge in [-0.25, -0.2) is 8.42 Å². The molecule has 0 saturated carbocycles. The Morgan fingerprint density at radius 2 is 1.97 bits per heavy atom. The van der Waals surface area contributed by atoms with Gasteiger partial charge in [0.2, 0.25) is 0 Å². The van der Waals surface area contributed by atoms with Crippen molar-refractivity contribution >= 4 is 21.7 Å². The van der Waals surface area contributed by atoms with Gasteiger partial charge in [0.1, 0.15) is 11.5 Å². The maximum atomic E-state index is 12.8. The van der Waals surface area contributed by atoms with Gasteiger partial charge in [0.25, 0.3) is 5.91 Å². The van der Waals surface area contributed by atoms with Crippen LogP contribution >= 0.6 is 0 Å². The van der Waals surface area contributed by atoms with E-state index in [0.717, 1.165) is 0 Å². The molecule has 2 heterocycles. The van der Waals surface area contributed by atoms with Crippen LogP contribution in [0.15, 0.2) is 45.7 Å². The van der Waals surface area contributed by atoms with Crippen LogP contribution < -0.4 is 0 Å². The smallest absolute Gasteiger partial charge is 0.310 e. The molecule has 1 atom stereocenters. The number of benzene rings is 1. The number of rotatable bonds is 6. The molecule has 1 aliphatic rings.